The molecule has 478 valence electrons. The van der Waals surface area contributed by atoms with Gasteiger partial charge >= 0.3 is 0 Å². The van der Waals surface area contributed by atoms with Gasteiger partial charge < -0.3 is 26.6 Å². The Hall–Kier alpha value is -8.92. The maximum Gasteiger partial charge on any atom is 0.253 e. The number of benzene rings is 3. The lowest BCUT2D eigenvalue weighted by atomic mass is 9.81. The van der Waals surface area contributed by atoms with Gasteiger partial charge in [-0.25, -0.2) is 0 Å². The molecule has 90 heavy (non-hydrogen) atoms. The van der Waals surface area contributed by atoms with Gasteiger partial charge in [-0.15, -0.1) is 11.6 Å². The SMILES string of the molecule is O=Cc1ccc(CCC(=O)NCC2CCC(C(=O)NCCN3C(=O)C=CC3=O)CC2)cc1C=O.O=Cc1ccc(CCNC(=O)C2CCC(CN3C(=O)C=CC3=O)CC2)cc1C=O.O=Cc1ccc(CCNC(=O)C2CCC(CNC(=O)CCl)CC2)cc1C=O. The molecule has 8 rings (SSSR count). The van der Waals surface area contributed by atoms with Crippen LogP contribution < -0.4 is 26.6 Å². The van der Waals surface area contributed by atoms with Crippen LogP contribution in [0.5, 0.6) is 0 Å². The molecule has 3 fully saturated rings. The van der Waals surface area contributed by atoms with Crippen LogP contribution in [-0.4, -0.2) is 152 Å². The van der Waals surface area contributed by atoms with E-state index in [1.807, 2.05) is 0 Å². The van der Waals surface area contributed by atoms with Gasteiger partial charge in [0.15, 0.2) is 37.7 Å². The molecule has 0 spiro atoms. The van der Waals surface area contributed by atoms with Crippen molar-refractivity contribution in [3.63, 3.8) is 0 Å². The molecule has 23 heteroatoms. The van der Waals surface area contributed by atoms with E-state index in [1.54, 1.807) is 54.6 Å². The molecule has 2 heterocycles. The predicted octanol–water partition coefficient (Wildman–Crippen LogP) is 5.04. The monoisotopic (exact) mass is 1260 g/mol. The van der Waals surface area contributed by atoms with E-state index in [9.17, 15) is 71.9 Å². The molecule has 3 aromatic carbocycles. The van der Waals surface area contributed by atoms with E-state index in [1.165, 1.54) is 29.2 Å². The summed E-state index contributed by atoms with van der Waals surface area (Å²) in [5, 5.41) is 14.5. The highest BCUT2D eigenvalue weighted by molar-refractivity contribution is 6.27. The third-order valence-electron chi connectivity index (χ3n) is 17.1. The van der Waals surface area contributed by atoms with Crippen molar-refractivity contribution in [2.75, 3.05) is 51.7 Å². The van der Waals surface area contributed by atoms with E-state index in [0.29, 0.717) is 135 Å². The summed E-state index contributed by atoms with van der Waals surface area (Å²) in [5.41, 5.74) is 4.72. The number of halogens is 1. The number of alkyl halides is 1. The van der Waals surface area contributed by atoms with Crippen LogP contribution in [0.25, 0.3) is 0 Å². The second-order valence-corrected chi connectivity index (χ2v) is 23.4. The molecule has 9 amide bonds. The summed E-state index contributed by atoms with van der Waals surface area (Å²) in [5.74, 6) is -0.679. The Kier molecular flexibility index (Phi) is 28.5. The summed E-state index contributed by atoms with van der Waals surface area (Å²) < 4.78 is 0. The van der Waals surface area contributed by atoms with E-state index in [0.717, 1.165) is 98.6 Å². The molecule has 22 nitrogen and oxygen atoms in total. The number of hydrogen-bond donors (Lipinski definition) is 5. The summed E-state index contributed by atoms with van der Waals surface area (Å²) in [6.07, 6.45) is 20.6. The van der Waals surface area contributed by atoms with Gasteiger partial charge in [0.05, 0.1) is 0 Å². The number of carbonyl (C=O) groups is 15. The van der Waals surface area contributed by atoms with Gasteiger partial charge in [0.25, 0.3) is 23.6 Å². The molecule has 0 radical (unpaired) electrons. The Morgan fingerprint density at radius 2 is 0.733 bits per heavy atom. The number of nitrogens with one attached hydrogen (secondary N) is 5. The van der Waals surface area contributed by atoms with Crippen LogP contribution in [-0.2, 0) is 62.4 Å². The Morgan fingerprint density at radius 3 is 1.10 bits per heavy atom. The normalized spacial score (nSPS) is 20.1. The average Bonchev–Trinajstić information content (AvgIpc) is 2.86. The largest absolute Gasteiger partial charge is 0.356 e. The van der Waals surface area contributed by atoms with Crippen molar-refractivity contribution in [3.8, 4) is 0 Å². The van der Waals surface area contributed by atoms with Crippen LogP contribution in [0.4, 0.5) is 0 Å². The summed E-state index contributed by atoms with van der Waals surface area (Å²) in [7, 11) is 0. The lowest BCUT2D eigenvalue weighted by molar-refractivity contribution is -0.139. The third-order valence-corrected chi connectivity index (χ3v) is 17.4. The zero-order valence-corrected chi connectivity index (χ0v) is 51.1. The van der Waals surface area contributed by atoms with E-state index in [4.69, 9.17) is 11.6 Å². The lowest BCUT2D eigenvalue weighted by Gasteiger charge is -2.30. The summed E-state index contributed by atoms with van der Waals surface area (Å²) >= 11 is 5.46. The third kappa shape index (κ3) is 21.7. The number of nitrogens with zero attached hydrogens (tertiary/aromatic N) is 2. The van der Waals surface area contributed by atoms with E-state index in [-0.39, 0.29) is 102 Å². The minimum atomic E-state index is -0.358. The second kappa shape index (κ2) is 36.5. The van der Waals surface area contributed by atoms with Crippen molar-refractivity contribution < 1.29 is 71.9 Å². The Labute approximate surface area is 527 Å². The Bertz CT molecular complexity index is 3160. The topological polar surface area (TPSA) is 323 Å². The molecular weight excluding hydrogens is 1180 g/mol. The fourth-order valence-electron chi connectivity index (χ4n) is 11.6. The van der Waals surface area contributed by atoms with Gasteiger partial charge in [0, 0.05) is 128 Å². The molecule has 3 saturated carbocycles. The van der Waals surface area contributed by atoms with Crippen molar-refractivity contribution in [2.45, 2.75) is 103 Å². The lowest BCUT2D eigenvalue weighted by Crippen LogP contribution is -2.41. The first kappa shape index (κ1) is 70.2. The molecule has 0 saturated heterocycles. The van der Waals surface area contributed by atoms with Gasteiger partial charge in [-0.05, 0) is 149 Å². The molecule has 0 bridgehead atoms. The second-order valence-electron chi connectivity index (χ2n) is 23.1. The van der Waals surface area contributed by atoms with Gasteiger partial charge in [0.1, 0.15) is 5.88 Å². The fourth-order valence-corrected chi connectivity index (χ4v) is 11.7. The fraction of sp³-hybridized carbons (Fsp3) is 0.448. The molecule has 3 aromatic rings. The highest BCUT2D eigenvalue weighted by atomic mass is 35.5. The van der Waals surface area contributed by atoms with Gasteiger partial charge in [0.2, 0.25) is 29.5 Å². The van der Waals surface area contributed by atoms with Gasteiger partial charge in [-0.3, -0.25) is 81.7 Å². The number of rotatable bonds is 28. The Balaban J connectivity index is 0.000000217. The Morgan fingerprint density at radius 1 is 0.400 bits per heavy atom. The summed E-state index contributed by atoms with van der Waals surface area (Å²) in [6, 6.07) is 15.1. The minimum Gasteiger partial charge on any atom is -0.356 e. The molecule has 3 aliphatic carbocycles. The molecule has 0 aromatic heterocycles. The number of aldehydes is 6. The van der Waals surface area contributed by atoms with Crippen LogP contribution in [0.3, 0.4) is 0 Å². The van der Waals surface area contributed by atoms with E-state index < -0.39 is 0 Å². The van der Waals surface area contributed by atoms with Gasteiger partial charge in [-0.2, -0.15) is 0 Å². The first-order valence-corrected chi connectivity index (χ1v) is 31.1. The van der Waals surface area contributed by atoms with Crippen molar-refractivity contribution in [3.05, 3.63) is 129 Å². The first-order valence-electron chi connectivity index (χ1n) is 30.6. The number of hydrogen-bond acceptors (Lipinski definition) is 15. The molecular formula is C67H78ClN7O15. The zero-order chi connectivity index (χ0) is 65.0. The first-order chi connectivity index (χ1) is 43.5. The van der Waals surface area contributed by atoms with Crippen molar-refractivity contribution >= 4 is 102 Å². The van der Waals surface area contributed by atoms with Crippen LogP contribution >= 0.6 is 11.6 Å². The number of carbonyl (C=O) groups excluding carboxylic acids is 15. The number of imide groups is 2. The molecule has 2 aliphatic heterocycles. The standard InChI is InChI=1S/C25H29N3O6.C22H24N2O5.C20H25ClN2O4/c29-15-20-7-1-17(13-21(20)16-30)4-8-22(31)27-14-18-2-5-19(6-3-18)25(34)26-11-12-28-23(32)9-10-24(28)33;25-13-18-6-1-15(11-19(18)14-26)9-10-23-22(29)17-4-2-16(3-5-17)12-24-20(27)7-8-21(24)28;21-10-19(26)23-11-15-2-4-16(5-3-15)20(27)22-8-7-14-1-6-17(12-24)18(9-14)13-25/h1,7,9-10,13,15-16,18-19H,2-6,8,11-12,14H2,(H,26,34)(H,27,31);1,6-8,11,13-14,16-17H,2-5,9-10,12H2,(H,23,29);1,6,9,12-13,15-16H,2-5,7-8,10-11H2,(H,22,27)(H,23,26). The predicted molar refractivity (Wildman–Crippen MR) is 331 cm³/mol. The van der Waals surface area contributed by atoms with Crippen molar-refractivity contribution in [2.24, 2.45) is 35.5 Å². The summed E-state index contributed by atoms with van der Waals surface area (Å²) in [4.78, 5) is 175. The number of aryl methyl sites for hydroxylation is 1. The van der Waals surface area contributed by atoms with Crippen molar-refractivity contribution in [1.29, 1.82) is 0 Å². The van der Waals surface area contributed by atoms with Crippen LogP contribution in [0, 0.1) is 35.5 Å². The van der Waals surface area contributed by atoms with E-state index in [2.05, 4.69) is 26.6 Å². The smallest absolute Gasteiger partial charge is 0.253 e. The molecule has 0 atom stereocenters. The molecule has 5 aliphatic rings. The highest BCUT2D eigenvalue weighted by Gasteiger charge is 2.32. The van der Waals surface area contributed by atoms with E-state index >= 15 is 0 Å². The maximum absolute atomic E-state index is 12.4. The average molecular weight is 1260 g/mol. The molecule has 5 N–H and O–H groups in total. The quantitative estimate of drug-likeness (QED) is 0.0361. The van der Waals surface area contributed by atoms with Crippen molar-refractivity contribution in [1.82, 2.24) is 36.4 Å². The maximum atomic E-state index is 12.4. The van der Waals surface area contributed by atoms with Crippen LogP contribution in [0.2, 0.25) is 0 Å². The van der Waals surface area contributed by atoms with Crippen LogP contribution in [0.1, 0.15) is 162 Å². The van der Waals surface area contributed by atoms with Gasteiger partial charge in [-0.1, -0.05) is 36.4 Å². The minimum absolute atomic E-state index is 0.00736. The summed E-state index contributed by atoms with van der Waals surface area (Å²) in [6.45, 7) is 2.95. The van der Waals surface area contributed by atoms with Crippen LogP contribution in [0.15, 0.2) is 78.9 Å². The highest BCUT2D eigenvalue weighted by Crippen LogP contribution is 2.32. The molecule has 0 unspecified atom stereocenters. The number of amides is 9. The zero-order valence-electron chi connectivity index (χ0n) is 50.3.